The Morgan fingerprint density at radius 2 is 2.25 bits per heavy atom. The van der Waals surface area contributed by atoms with Crippen molar-refractivity contribution in [2.24, 2.45) is 0 Å². The van der Waals surface area contributed by atoms with Gasteiger partial charge in [0.2, 0.25) is 0 Å². The standard InChI is InChI=1S/C11H10N4S/c1-7-8(2)16-11(14-7)15-10-9(6-12)4-3-5-13-10/h3-5H,1-2H3,(H,13,14,15). The second-order valence-corrected chi connectivity index (χ2v) is 4.50. The number of aryl methyl sites for hydroxylation is 2. The van der Waals surface area contributed by atoms with Gasteiger partial charge in [-0.2, -0.15) is 5.26 Å². The highest BCUT2D eigenvalue weighted by molar-refractivity contribution is 7.15. The summed E-state index contributed by atoms with van der Waals surface area (Å²) in [5.41, 5.74) is 1.52. The number of nitrogens with one attached hydrogen (secondary N) is 1. The van der Waals surface area contributed by atoms with Gasteiger partial charge in [0.25, 0.3) is 0 Å². The Morgan fingerprint density at radius 3 is 2.88 bits per heavy atom. The maximum absolute atomic E-state index is 8.91. The fourth-order valence-corrected chi connectivity index (χ4v) is 2.04. The number of rotatable bonds is 2. The Hall–Kier alpha value is -1.93. The summed E-state index contributed by atoms with van der Waals surface area (Å²) in [6, 6.07) is 5.55. The zero-order valence-corrected chi connectivity index (χ0v) is 9.80. The van der Waals surface area contributed by atoms with Crippen molar-refractivity contribution in [3.05, 3.63) is 34.5 Å². The van der Waals surface area contributed by atoms with E-state index in [0.717, 1.165) is 15.7 Å². The molecule has 0 saturated heterocycles. The molecule has 0 aliphatic rings. The lowest BCUT2D eigenvalue weighted by Crippen LogP contribution is -1.95. The van der Waals surface area contributed by atoms with E-state index >= 15 is 0 Å². The average Bonchev–Trinajstić information content (AvgIpc) is 2.59. The van der Waals surface area contributed by atoms with Gasteiger partial charge in [0.1, 0.15) is 11.9 Å². The third-order valence-electron chi connectivity index (χ3n) is 2.18. The van der Waals surface area contributed by atoms with Gasteiger partial charge >= 0.3 is 0 Å². The van der Waals surface area contributed by atoms with Crippen LogP contribution in [0, 0.1) is 25.2 Å². The molecule has 1 N–H and O–H groups in total. The van der Waals surface area contributed by atoms with E-state index in [1.54, 1.807) is 29.7 Å². The zero-order valence-electron chi connectivity index (χ0n) is 8.98. The number of hydrogen-bond donors (Lipinski definition) is 1. The minimum atomic E-state index is 0.521. The SMILES string of the molecule is Cc1nc(Nc2ncccc2C#N)sc1C. The van der Waals surface area contributed by atoms with E-state index in [4.69, 9.17) is 5.26 Å². The highest BCUT2D eigenvalue weighted by Crippen LogP contribution is 2.25. The summed E-state index contributed by atoms with van der Waals surface area (Å²) in [7, 11) is 0. The summed E-state index contributed by atoms with van der Waals surface area (Å²) >= 11 is 1.56. The molecule has 2 heterocycles. The summed E-state index contributed by atoms with van der Waals surface area (Å²) in [6.45, 7) is 3.97. The molecule has 2 rings (SSSR count). The Kier molecular flexibility index (Phi) is 2.84. The Labute approximate surface area is 97.6 Å². The largest absolute Gasteiger partial charge is 0.315 e. The van der Waals surface area contributed by atoms with Gasteiger partial charge in [0.15, 0.2) is 5.13 Å². The first-order chi connectivity index (χ1) is 7.70. The second kappa shape index (κ2) is 4.29. The van der Waals surface area contributed by atoms with Crippen molar-refractivity contribution < 1.29 is 0 Å². The molecule has 0 radical (unpaired) electrons. The summed E-state index contributed by atoms with van der Waals surface area (Å²) in [4.78, 5) is 9.62. The molecule has 2 aromatic heterocycles. The van der Waals surface area contributed by atoms with E-state index in [0.29, 0.717) is 11.4 Å². The molecule has 2 aromatic rings. The molecule has 0 fully saturated rings. The second-order valence-electron chi connectivity index (χ2n) is 3.30. The predicted octanol–water partition coefficient (Wildman–Crippen LogP) is 2.77. The van der Waals surface area contributed by atoms with Crippen molar-refractivity contribution >= 4 is 22.3 Å². The number of hydrogen-bond acceptors (Lipinski definition) is 5. The van der Waals surface area contributed by atoms with E-state index in [-0.39, 0.29) is 0 Å². The van der Waals surface area contributed by atoms with Crippen LogP contribution in [0.25, 0.3) is 0 Å². The van der Waals surface area contributed by atoms with Gasteiger partial charge in [-0.1, -0.05) is 0 Å². The first-order valence-corrected chi connectivity index (χ1v) is 5.58. The van der Waals surface area contributed by atoms with E-state index in [2.05, 4.69) is 21.4 Å². The van der Waals surface area contributed by atoms with Crippen LogP contribution in [0.4, 0.5) is 10.9 Å². The van der Waals surface area contributed by atoms with Crippen molar-refractivity contribution in [3.63, 3.8) is 0 Å². The van der Waals surface area contributed by atoms with E-state index < -0.39 is 0 Å². The van der Waals surface area contributed by atoms with Gasteiger partial charge in [-0.3, -0.25) is 0 Å². The van der Waals surface area contributed by atoms with Crippen LogP contribution in [0.15, 0.2) is 18.3 Å². The number of thiazole rings is 1. The van der Waals surface area contributed by atoms with Crippen molar-refractivity contribution in [2.75, 3.05) is 5.32 Å². The van der Waals surface area contributed by atoms with Crippen molar-refractivity contribution in [2.45, 2.75) is 13.8 Å². The lowest BCUT2D eigenvalue weighted by molar-refractivity contribution is 1.21. The summed E-state index contributed by atoms with van der Waals surface area (Å²) < 4.78 is 0. The minimum Gasteiger partial charge on any atom is -0.315 e. The molecular weight excluding hydrogens is 220 g/mol. The van der Waals surface area contributed by atoms with Gasteiger partial charge in [-0.05, 0) is 26.0 Å². The number of nitriles is 1. The van der Waals surface area contributed by atoms with Crippen molar-refractivity contribution in [1.29, 1.82) is 5.26 Å². The van der Waals surface area contributed by atoms with Crippen LogP contribution in [0.5, 0.6) is 0 Å². The fraction of sp³-hybridized carbons (Fsp3) is 0.182. The van der Waals surface area contributed by atoms with Crippen LogP contribution < -0.4 is 5.32 Å². The third-order valence-corrected chi connectivity index (χ3v) is 3.17. The van der Waals surface area contributed by atoms with E-state index in [1.807, 2.05) is 13.8 Å². The molecule has 0 spiro atoms. The molecule has 0 unspecified atom stereocenters. The molecule has 0 bridgehead atoms. The molecule has 4 nitrogen and oxygen atoms in total. The number of pyridine rings is 1. The molecule has 16 heavy (non-hydrogen) atoms. The fourth-order valence-electron chi connectivity index (χ4n) is 1.22. The molecule has 0 aliphatic heterocycles. The highest BCUT2D eigenvalue weighted by atomic mass is 32.1. The Balaban J connectivity index is 2.31. The molecule has 0 aromatic carbocycles. The van der Waals surface area contributed by atoms with Crippen LogP contribution in [0.3, 0.4) is 0 Å². The van der Waals surface area contributed by atoms with E-state index in [1.165, 1.54) is 0 Å². The normalized spacial score (nSPS) is 9.81. The van der Waals surface area contributed by atoms with Crippen molar-refractivity contribution in [3.8, 4) is 6.07 Å². The first-order valence-electron chi connectivity index (χ1n) is 4.77. The average molecular weight is 230 g/mol. The molecule has 0 aliphatic carbocycles. The van der Waals surface area contributed by atoms with Crippen molar-refractivity contribution in [1.82, 2.24) is 9.97 Å². The lowest BCUT2D eigenvalue weighted by atomic mass is 10.3. The maximum Gasteiger partial charge on any atom is 0.188 e. The summed E-state index contributed by atoms with van der Waals surface area (Å²) in [5, 5.41) is 12.7. The highest BCUT2D eigenvalue weighted by Gasteiger charge is 2.07. The zero-order chi connectivity index (χ0) is 11.5. The van der Waals surface area contributed by atoms with Crippen LogP contribution in [-0.2, 0) is 0 Å². The van der Waals surface area contributed by atoms with Crippen LogP contribution in [-0.4, -0.2) is 9.97 Å². The summed E-state index contributed by atoms with van der Waals surface area (Å²) in [5.74, 6) is 0.554. The van der Waals surface area contributed by atoms with Crippen LogP contribution in [0.1, 0.15) is 16.1 Å². The Bertz CT molecular complexity index is 534. The number of aromatic nitrogens is 2. The molecule has 0 saturated carbocycles. The summed E-state index contributed by atoms with van der Waals surface area (Å²) in [6.07, 6.45) is 1.65. The van der Waals surface area contributed by atoms with Gasteiger partial charge in [-0.25, -0.2) is 9.97 Å². The number of nitrogens with zero attached hydrogens (tertiary/aromatic N) is 3. The van der Waals surface area contributed by atoms with E-state index in [9.17, 15) is 0 Å². The monoisotopic (exact) mass is 230 g/mol. The lowest BCUT2D eigenvalue weighted by Gasteiger charge is -2.02. The molecule has 5 heteroatoms. The van der Waals surface area contributed by atoms with Gasteiger partial charge in [0, 0.05) is 11.1 Å². The smallest absolute Gasteiger partial charge is 0.188 e. The molecule has 0 amide bonds. The minimum absolute atomic E-state index is 0.521. The van der Waals surface area contributed by atoms with Crippen LogP contribution in [0.2, 0.25) is 0 Å². The molecular formula is C11H10N4S. The quantitative estimate of drug-likeness (QED) is 0.861. The topological polar surface area (TPSA) is 61.6 Å². The Morgan fingerprint density at radius 1 is 1.44 bits per heavy atom. The van der Waals surface area contributed by atoms with Gasteiger partial charge in [-0.15, -0.1) is 11.3 Å². The predicted molar refractivity (Wildman–Crippen MR) is 63.8 cm³/mol. The maximum atomic E-state index is 8.91. The molecule has 80 valence electrons. The first kappa shape index (κ1) is 10.6. The van der Waals surface area contributed by atoms with Gasteiger partial charge in [0.05, 0.1) is 11.3 Å². The van der Waals surface area contributed by atoms with Crippen LogP contribution >= 0.6 is 11.3 Å². The molecule has 0 atom stereocenters. The number of anilines is 2. The third kappa shape index (κ3) is 2.02. The van der Waals surface area contributed by atoms with Gasteiger partial charge < -0.3 is 5.32 Å².